The van der Waals surface area contributed by atoms with Crippen molar-refractivity contribution in [3.63, 3.8) is 0 Å². The molecule has 10 heteroatoms. The first-order valence-electron chi connectivity index (χ1n) is 11.1. The molecule has 0 fully saturated rings. The highest BCUT2D eigenvalue weighted by Crippen LogP contribution is 2.20. The van der Waals surface area contributed by atoms with Gasteiger partial charge in [-0.05, 0) is 62.1 Å². The second kappa shape index (κ2) is 11.3. The van der Waals surface area contributed by atoms with Crippen LogP contribution in [0.5, 0.6) is 0 Å². The lowest BCUT2D eigenvalue weighted by Gasteiger charge is -2.22. The van der Waals surface area contributed by atoms with Crippen LogP contribution in [-0.2, 0) is 16.4 Å². The number of hydrogen-bond donors (Lipinski definition) is 3. The normalized spacial score (nSPS) is 12.4. The zero-order valence-electron chi connectivity index (χ0n) is 19.3. The summed E-state index contributed by atoms with van der Waals surface area (Å²) in [5.41, 5.74) is 3.10. The summed E-state index contributed by atoms with van der Waals surface area (Å²) < 4.78 is 36.5. The van der Waals surface area contributed by atoms with Crippen LogP contribution in [0.4, 0.5) is 9.18 Å². The molecule has 0 aliphatic carbocycles. The second-order valence-corrected chi connectivity index (χ2v) is 9.87. The van der Waals surface area contributed by atoms with E-state index >= 15 is 0 Å². The van der Waals surface area contributed by atoms with Crippen LogP contribution in [0.15, 0.2) is 59.5 Å². The van der Waals surface area contributed by atoms with Crippen molar-refractivity contribution >= 4 is 16.1 Å². The Labute approximate surface area is 199 Å². The van der Waals surface area contributed by atoms with Gasteiger partial charge in [-0.3, -0.25) is 5.10 Å². The molecule has 0 aliphatic heterocycles. The molecule has 4 N–H and O–H groups in total. The van der Waals surface area contributed by atoms with Gasteiger partial charge in [-0.2, -0.15) is 5.10 Å². The highest BCUT2D eigenvalue weighted by atomic mass is 32.2. The number of nitrogens with two attached hydrogens (primary N) is 1. The number of benzene rings is 2. The molecule has 1 heterocycles. The first-order valence-corrected chi connectivity index (χ1v) is 12.6. The number of carbonyl (C=O) groups is 1. The first-order chi connectivity index (χ1) is 16.1. The van der Waals surface area contributed by atoms with Crippen LogP contribution in [0.2, 0.25) is 0 Å². The van der Waals surface area contributed by atoms with Gasteiger partial charge >= 0.3 is 6.03 Å². The minimum atomic E-state index is -3.80. The van der Waals surface area contributed by atoms with E-state index in [2.05, 4.69) is 15.5 Å². The molecule has 0 spiro atoms. The summed E-state index contributed by atoms with van der Waals surface area (Å²) in [5.74, 6) is -0.290. The van der Waals surface area contributed by atoms with Crippen molar-refractivity contribution in [3.8, 4) is 11.3 Å². The van der Waals surface area contributed by atoms with Crippen molar-refractivity contribution in [3.05, 3.63) is 71.7 Å². The van der Waals surface area contributed by atoms with Gasteiger partial charge in [0.1, 0.15) is 5.82 Å². The highest BCUT2D eigenvalue weighted by molar-refractivity contribution is 7.89. The molecule has 34 heavy (non-hydrogen) atoms. The van der Waals surface area contributed by atoms with Gasteiger partial charge in [-0.15, -0.1) is 0 Å². The molecule has 8 nitrogen and oxygen atoms in total. The Morgan fingerprint density at radius 3 is 2.65 bits per heavy atom. The van der Waals surface area contributed by atoms with E-state index in [1.54, 1.807) is 37.1 Å². The lowest BCUT2D eigenvalue weighted by atomic mass is 10.1. The number of H-pyrrole nitrogens is 1. The van der Waals surface area contributed by atoms with E-state index in [1.165, 1.54) is 24.3 Å². The number of unbranched alkanes of at least 4 members (excludes halogenated alkanes) is 2. The predicted molar refractivity (Wildman–Crippen MR) is 129 cm³/mol. The minimum Gasteiger partial charge on any atom is -0.331 e. The molecule has 2 amide bonds. The standard InChI is InChI=1S/C24H30FN5O3S/c1-17(18-8-7-12-22(15-18)34(26,32)33)27-24(31)30(2)13-5-3-4-11-21-16-23(29-28-21)19-9-6-10-20(25)14-19/h6-10,12,14-17H,3-5,11,13H2,1-2H3,(H,27,31)(H,28,29)(H2,26,32,33). The molecule has 0 bridgehead atoms. The molecule has 1 aromatic heterocycles. The smallest absolute Gasteiger partial charge is 0.317 e. The van der Waals surface area contributed by atoms with Crippen molar-refractivity contribution in [2.24, 2.45) is 5.14 Å². The summed E-state index contributed by atoms with van der Waals surface area (Å²) in [6, 6.07) is 13.9. The number of aryl methyl sites for hydroxylation is 1. The number of aromatic amines is 1. The largest absolute Gasteiger partial charge is 0.331 e. The monoisotopic (exact) mass is 487 g/mol. The number of amides is 2. The third kappa shape index (κ3) is 7.13. The zero-order chi connectivity index (χ0) is 24.7. The van der Waals surface area contributed by atoms with Crippen molar-refractivity contribution in [2.45, 2.75) is 43.5 Å². The van der Waals surface area contributed by atoms with E-state index in [0.29, 0.717) is 12.1 Å². The van der Waals surface area contributed by atoms with E-state index in [-0.39, 0.29) is 22.8 Å². The summed E-state index contributed by atoms with van der Waals surface area (Å²) in [7, 11) is -2.08. The molecule has 1 atom stereocenters. The number of urea groups is 1. The summed E-state index contributed by atoms with van der Waals surface area (Å²) in [5, 5.41) is 15.3. The maximum atomic E-state index is 13.4. The van der Waals surface area contributed by atoms with E-state index in [9.17, 15) is 17.6 Å². The average Bonchev–Trinajstić information content (AvgIpc) is 3.27. The summed E-state index contributed by atoms with van der Waals surface area (Å²) >= 11 is 0. The number of halogens is 1. The average molecular weight is 488 g/mol. The fourth-order valence-corrected chi connectivity index (χ4v) is 4.14. The van der Waals surface area contributed by atoms with Gasteiger partial charge in [0.25, 0.3) is 0 Å². The number of primary sulfonamides is 1. The van der Waals surface area contributed by atoms with Gasteiger partial charge in [0.2, 0.25) is 10.0 Å². The Kier molecular flexibility index (Phi) is 8.41. The minimum absolute atomic E-state index is 0.0137. The van der Waals surface area contributed by atoms with Gasteiger partial charge in [0.15, 0.2) is 0 Å². The second-order valence-electron chi connectivity index (χ2n) is 8.31. The van der Waals surface area contributed by atoms with Crippen molar-refractivity contribution < 1.29 is 17.6 Å². The maximum absolute atomic E-state index is 13.4. The Morgan fingerprint density at radius 1 is 1.15 bits per heavy atom. The quantitative estimate of drug-likeness (QED) is 0.375. The topological polar surface area (TPSA) is 121 Å². The van der Waals surface area contributed by atoms with Crippen LogP contribution in [0.3, 0.4) is 0 Å². The lowest BCUT2D eigenvalue weighted by Crippen LogP contribution is -2.39. The lowest BCUT2D eigenvalue weighted by molar-refractivity contribution is 0.204. The summed E-state index contributed by atoms with van der Waals surface area (Å²) in [6.45, 7) is 2.38. The Morgan fingerprint density at radius 2 is 1.91 bits per heavy atom. The van der Waals surface area contributed by atoms with Crippen LogP contribution in [-0.4, -0.2) is 43.1 Å². The molecular weight excluding hydrogens is 457 g/mol. The molecular formula is C24H30FN5O3S. The number of nitrogens with one attached hydrogen (secondary N) is 2. The Bertz CT molecular complexity index is 1230. The van der Waals surface area contributed by atoms with Crippen molar-refractivity contribution in [1.29, 1.82) is 0 Å². The van der Waals surface area contributed by atoms with Crippen LogP contribution < -0.4 is 10.5 Å². The number of rotatable bonds is 10. The van der Waals surface area contributed by atoms with Gasteiger partial charge in [0, 0.05) is 24.8 Å². The fourth-order valence-electron chi connectivity index (χ4n) is 3.57. The first kappa shape index (κ1) is 25.4. The third-order valence-corrected chi connectivity index (χ3v) is 6.48. The highest BCUT2D eigenvalue weighted by Gasteiger charge is 2.15. The van der Waals surface area contributed by atoms with Gasteiger partial charge in [-0.1, -0.05) is 30.7 Å². The molecule has 3 rings (SSSR count). The number of hydrogen-bond acceptors (Lipinski definition) is 4. The van der Waals surface area contributed by atoms with Crippen LogP contribution in [0, 0.1) is 5.82 Å². The number of sulfonamides is 1. The molecule has 2 aromatic carbocycles. The SMILES string of the molecule is CC(NC(=O)N(C)CCCCCc1cc(-c2cccc(F)c2)n[nH]1)c1cccc(S(N)(=O)=O)c1. The Balaban J connectivity index is 1.40. The molecule has 0 aliphatic rings. The molecule has 0 radical (unpaired) electrons. The van der Waals surface area contributed by atoms with E-state index in [4.69, 9.17) is 5.14 Å². The molecule has 3 aromatic rings. The van der Waals surface area contributed by atoms with Gasteiger partial charge < -0.3 is 10.2 Å². The van der Waals surface area contributed by atoms with E-state index in [1.807, 2.05) is 12.1 Å². The molecule has 182 valence electrons. The zero-order valence-corrected chi connectivity index (χ0v) is 20.1. The number of nitrogens with zero attached hydrogens (tertiary/aromatic N) is 2. The fraction of sp³-hybridized carbons (Fsp3) is 0.333. The summed E-state index contributed by atoms with van der Waals surface area (Å²) in [4.78, 5) is 14.1. The van der Waals surface area contributed by atoms with Crippen LogP contribution >= 0.6 is 0 Å². The number of carbonyl (C=O) groups excluding carboxylic acids is 1. The van der Waals surface area contributed by atoms with Crippen molar-refractivity contribution in [1.82, 2.24) is 20.4 Å². The van der Waals surface area contributed by atoms with Crippen molar-refractivity contribution in [2.75, 3.05) is 13.6 Å². The van der Waals surface area contributed by atoms with Gasteiger partial charge in [-0.25, -0.2) is 22.7 Å². The third-order valence-electron chi connectivity index (χ3n) is 5.56. The number of aromatic nitrogens is 2. The van der Waals surface area contributed by atoms with E-state index < -0.39 is 10.0 Å². The van der Waals surface area contributed by atoms with E-state index in [0.717, 1.165) is 42.6 Å². The Hall–Kier alpha value is -3.24. The maximum Gasteiger partial charge on any atom is 0.317 e. The molecule has 0 saturated heterocycles. The molecule has 1 unspecified atom stereocenters. The van der Waals surface area contributed by atoms with Crippen LogP contribution in [0.1, 0.15) is 43.5 Å². The molecule has 0 saturated carbocycles. The predicted octanol–water partition coefficient (Wildman–Crippen LogP) is 3.98. The van der Waals surface area contributed by atoms with Crippen LogP contribution in [0.25, 0.3) is 11.3 Å². The summed E-state index contributed by atoms with van der Waals surface area (Å²) in [6.07, 6.45) is 3.51. The van der Waals surface area contributed by atoms with Gasteiger partial charge in [0.05, 0.1) is 16.6 Å².